The van der Waals surface area contributed by atoms with E-state index in [1.807, 2.05) is 19.1 Å². The van der Waals surface area contributed by atoms with Gasteiger partial charge in [0.2, 0.25) is 0 Å². The second-order valence-electron chi connectivity index (χ2n) is 13.5. The standard InChI is InChI=1S/C40H54O2/c1-29(17-13-19-31(3)21-23-37-33(5)25-35(41)27-39(37,7)8)15-11-12-16-30(2)18-14-20-32(4)22-24-38-34(6)26-36(42)28-40(38,9)10/h11-21,23,35-36,41-42H,25-28H2,1-10H3. The van der Waals surface area contributed by atoms with Crippen LogP contribution < -0.4 is 0 Å². The van der Waals surface area contributed by atoms with Gasteiger partial charge in [0.15, 0.2) is 0 Å². The molecular weight excluding hydrogens is 512 g/mol. The van der Waals surface area contributed by atoms with E-state index in [0.29, 0.717) is 0 Å². The molecule has 0 spiro atoms. The molecule has 0 fully saturated rings. The minimum atomic E-state index is -0.260. The summed E-state index contributed by atoms with van der Waals surface area (Å²) < 4.78 is 0. The van der Waals surface area contributed by atoms with Crippen molar-refractivity contribution in [3.8, 4) is 11.8 Å². The minimum absolute atomic E-state index is 0.00283. The Kier molecular flexibility index (Phi) is 13.3. The molecule has 2 aliphatic carbocycles. The smallest absolute Gasteiger partial charge is 0.0586 e. The van der Waals surface area contributed by atoms with Crippen LogP contribution in [-0.4, -0.2) is 22.4 Å². The molecule has 0 aromatic heterocycles. The molecular formula is C40H54O2. The van der Waals surface area contributed by atoms with Crippen molar-refractivity contribution in [3.05, 3.63) is 117 Å². The number of rotatable bonds is 8. The summed E-state index contributed by atoms with van der Waals surface area (Å²) >= 11 is 0. The van der Waals surface area contributed by atoms with E-state index in [-0.39, 0.29) is 23.0 Å². The Labute approximate surface area is 257 Å². The number of allylic oxidation sites excluding steroid dienone is 18. The first-order valence-electron chi connectivity index (χ1n) is 15.3. The lowest BCUT2D eigenvalue weighted by Crippen LogP contribution is -2.28. The number of hydrogen-bond acceptors (Lipinski definition) is 2. The number of aliphatic hydroxyl groups excluding tert-OH is 2. The molecule has 0 aromatic carbocycles. The molecule has 0 bridgehead atoms. The summed E-state index contributed by atoms with van der Waals surface area (Å²) in [5.41, 5.74) is 9.48. The first-order chi connectivity index (χ1) is 19.6. The maximum atomic E-state index is 10.1. The molecule has 0 heterocycles. The fraction of sp³-hybridized carbons (Fsp3) is 0.450. The van der Waals surface area contributed by atoms with Crippen LogP contribution in [0, 0.1) is 22.7 Å². The molecule has 0 radical (unpaired) electrons. The Morgan fingerprint density at radius 2 is 1.14 bits per heavy atom. The molecule has 2 N–H and O–H groups in total. The van der Waals surface area contributed by atoms with E-state index in [1.54, 1.807) is 0 Å². The molecule has 2 atom stereocenters. The van der Waals surface area contributed by atoms with Gasteiger partial charge < -0.3 is 10.2 Å². The second kappa shape index (κ2) is 15.9. The van der Waals surface area contributed by atoms with Crippen LogP contribution in [0.2, 0.25) is 0 Å². The van der Waals surface area contributed by atoms with Crippen molar-refractivity contribution in [2.45, 2.75) is 107 Å². The average molecular weight is 567 g/mol. The highest BCUT2D eigenvalue weighted by Gasteiger charge is 2.32. The van der Waals surface area contributed by atoms with Crippen molar-refractivity contribution in [3.63, 3.8) is 0 Å². The van der Waals surface area contributed by atoms with E-state index in [2.05, 4.69) is 135 Å². The van der Waals surface area contributed by atoms with Crippen molar-refractivity contribution < 1.29 is 10.2 Å². The molecule has 0 amide bonds. The Morgan fingerprint density at radius 1 is 0.667 bits per heavy atom. The van der Waals surface area contributed by atoms with E-state index in [0.717, 1.165) is 36.8 Å². The predicted molar refractivity (Wildman–Crippen MR) is 183 cm³/mol. The van der Waals surface area contributed by atoms with E-state index in [9.17, 15) is 10.2 Å². The highest BCUT2D eigenvalue weighted by Crippen LogP contribution is 2.41. The molecule has 2 aliphatic rings. The number of hydrogen-bond donors (Lipinski definition) is 2. The average Bonchev–Trinajstić information content (AvgIpc) is 2.84. The van der Waals surface area contributed by atoms with Gasteiger partial charge >= 0.3 is 0 Å². The van der Waals surface area contributed by atoms with Gasteiger partial charge in [-0.1, -0.05) is 140 Å². The Morgan fingerprint density at radius 3 is 1.69 bits per heavy atom. The van der Waals surface area contributed by atoms with Crippen LogP contribution in [0.4, 0.5) is 0 Å². The van der Waals surface area contributed by atoms with Gasteiger partial charge in [-0.05, 0) is 83.8 Å². The van der Waals surface area contributed by atoms with Crippen molar-refractivity contribution >= 4 is 0 Å². The molecule has 42 heavy (non-hydrogen) atoms. The van der Waals surface area contributed by atoms with Gasteiger partial charge in [0.05, 0.1) is 12.2 Å². The van der Waals surface area contributed by atoms with E-state index < -0.39 is 0 Å². The predicted octanol–water partition coefficient (Wildman–Crippen LogP) is 9.99. The third kappa shape index (κ3) is 11.6. The first-order valence-corrected chi connectivity index (χ1v) is 15.3. The Hall–Kier alpha value is -3.12. The minimum Gasteiger partial charge on any atom is -0.393 e. The molecule has 0 saturated carbocycles. The molecule has 2 nitrogen and oxygen atoms in total. The lowest BCUT2D eigenvalue weighted by atomic mass is 9.71. The summed E-state index contributed by atoms with van der Waals surface area (Å²) in [5.74, 6) is 6.68. The molecule has 2 unspecified atom stereocenters. The second-order valence-corrected chi connectivity index (χ2v) is 13.5. The van der Waals surface area contributed by atoms with Crippen LogP contribution in [0.1, 0.15) is 94.9 Å². The van der Waals surface area contributed by atoms with Gasteiger partial charge in [-0.15, -0.1) is 0 Å². The lowest BCUT2D eigenvalue weighted by Gasteiger charge is -2.35. The van der Waals surface area contributed by atoms with Gasteiger partial charge in [0, 0.05) is 11.0 Å². The molecule has 2 rings (SSSR count). The zero-order valence-electron chi connectivity index (χ0n) is 27.8. The van der Waals surface area contributed by atoms with Gasteiger partial charge in [-0.2, -0.15) is 0 Å². The van der Waals surface area contributed by atoms with Crippen LogP contribution in [-0.2, 0) is 0 Å². The summed E-state index contributed by atoms with van der Waals surface area (Å²) in [7, 11) is 0. The fourth-order valence-electron chi connectivity index (χ4n) is 5.95. The largest absolute Gasteiger partial charge is 0.393 e. The summed E-state index contributed by atoms with van der Waals surface area (Å²) in [6, 6.07) is 0. The highest BCUT2D eigenvalue weighted by molar-refractivity contribution is 5.45. The van der Waals surface area contributed by atoms with Gasteiger partial charge in [-0.25, -0.2) is 0 Å². The Balaban J connectivity index is 1.92. The van der Waals surface area contributed by atoms with Crippen LogP contribution in [0.3, 0.4) is 0 Å². The molecule has 0 saturated heterocycles. The van der Waals surface area contributed by atoms with Crippen LogP contribution in [0.25, 0.3) is 0 Å². The zero-order valence-corrected chi connectivity index (χ0v) is 27.8. The SMILES string of the molecule is CC(C#CC1=C(C)CC(O)CC1(C)C)=CC=CC(C)=CC=CC=C(C)C=CC=C(C)C=CC1=C(C)CC(O)CC1(C)C. The third-order valence-electron chi connectivity index (χ3n) is 8.02. The van der Waals surface area contributed by atoms with Crippen molar-refractivity contribution in [2.75, 3.05) is 0 Å². The van der Waals surface area contributed by atoms with Crippen molar-refractivity contribution in [1.82, 2.24) is 0 Å². The molecule has 0 aliphatic heterocycles. The molecule has 2 heteroatoms. The van der Waals surface area contributed by atoms with E-state index in [4.69, 9.17) is 0 Å². The van der Waals surface area contributed by atoms with Gasteiger partial charge in [-0.3, -0.25) is 0 Å². The van der Waals surface area contributed by atoms with Crippen LogP contribution >= 0.6 is 0 Å². The van der Waals surface area contributed by atoms with Gasteiger partial charge in [0.25, 0.3) is 0 Å². The normalized spacial score (nSPS) is 24.5. The maximum Gasteiger partial charge on any atom is 0.0586 e. The number of aliphatic hydroxyl groups is 2. The molecule has 226 valence electrons. The summed E-state index contributed by atoms with van der Waals surface area (Å²) in [6.45, 7) is 21.3. The monoisotopic (exact) mass is 566 g/mol. The van der Waals surface area contributed by atoms with E-state index >= 15 is 0 Å². The summed E-state index contributed by atoms with van der Waals surface area (Å²) in [6.07, 6.45) is 27.8. The molecule has 0 aromatic rings. The first kappa shape index (κ1) is 35.1. The zero-order chi connectivity index (χ0) is 31.5. The lowest BCUT2D eigenvalue weighted by molar-refractivity contribution is 0.116. The van der Waals surface area contributed by atoms with E-state index in [1.165, 1.54) is 33.4 Å². The van der Waals surface area contributed by atoms with Crippen LogP contribution in [0.5, 0.6) is 0 Å². The van der Waals surface area contributed by atoms with Crippen molar-refractivity contribution in [2.24, 2.45) is 10.8 Å². The third-order valence-corrected chi connectivity index (χ3v) is 8.02. The maximum absolute atomic E-state index is 10.1. The van der Waals surface area contributed by atoms with Crippen molar-refractivity contribution in [1.29, 1.82) is 0 Å². The Bertz CT molecular complexity index is 1340. The summed E-state index contributed by atoms with van der Waals surface area (Å²) in [4.78, 5) is 0. The van der Waals surface area contributed by atoms with Crippen LogP contribution in [0.15, 0.2) is 117 Å². The summed E-state index contributed by atoms with van der Waals surface area (Å²) in [5, 5.41) is 20.2. The van der Waals surface area contributed by atoms with Gasteiger partial charge in [0.1, 0.15) is 0 Å². The fourth-order valence-corrected chi connectivity index (χ4v) is 5.95. The quantitative estimate of drug-likeness (QED) is 0.227. The highest BCUT2D eigenvalue weighted by atomic mass is 16.3. The topological polar surface area (TPSA) is 40.5 Å².